The van der Waals surface area contributed by atoms with Gasteiger partial charge in [0.2, 0.25) is 0 Å². The van der Waals surface area contributed by atoms with Crippen molar-refractivity contribution in [3.8, 4) is 11.3 Å². The molecule has 0 fully saturated rings. The first-order valence-corrected chi connectivity index (χ1v) is 6.60. The quantitative estimate of drug-likeness (QED) is 0.913. The average Bonchev–Trinajstić information content (AvgIpc) is 2.38. The summed E-state index contributed by atoms with van der Waals surface area (Å²) in [7, 11) is 0. The Morgan fingerprint density at radius 2 is 1.79 bits per heavy atom. The monoisotopic (exact) mass is 255 g/mol. The fourth-order valence-corrected chi connectivity index (χ4v) is 1.97. The predicted octanol–water partition coefficient (Wildman–Crippen LogP) is 2.98. The molecule has 0 unspecified atom stereocenters. The summed E-state index contributed by atoms with van der Waals surface area (Å²) in [5.41, 5.74) is 8.92. The summed E-state index contributed by atoms with van der Waals surface area (Å²) in [5, 5.41) is 0. The summed E-state index contributed by atoms with van der Waals surface area (Å²) in [6.07, 6.45) is 0.797. The van der Waals surface area contributed by atoms with Crippen molar-refractivity contribution >= 4 is 0 Å². The van der Waals surface area contributed by atoms with Gasteiger partial charge in [-0.05, 0) is 24.9 Å². The molecular weight excluding hydrogens is 234 g/mol. The molecule has 0 aliphatic rings. The Kier molecular flexibility index (Phi) is 3.96. The topological polar surface area (TPSA) is 51.8 Å². The van der Waals surface area contributed by atoms with Crippen LogP contribution in [0.5, 0.6) is 0 Å². The lowest BCUT2D eigenvalue weighted by Gasteiger charge is -2.21. The Balaban J connectivity index is 2.35. The molecule has 100 valence electrons. The molecule has 2 aromatic rings. The summed E-state index contributed by atoms with van der Waals surface area (Å²) >= 11 is 0. The van der Waals surface area contributed by atoms with Crippen molar-refractivity contribution in [3.63, 3.8) is 0 Å². The summed E-state index contributed by atoms with van der Waals surface area (Å²) in [4.78, 5) is 9.20. The van der Waals surface area contributed by atoms with Crippen molar-refractivity contribution in [3.05, 3.63) is 47.9 Å². The highest BCUT2D eigenvalue weighted by atomic mass is 14.9. The highest BCUT2D eigenvalue weighted by molar-refractivity contribution is 5.59. The first-order valence-electron chi connectivity index (χ1n) is 6.60. The lowest BCUT2D eigenvalue weighted by atomic mass is 9.89. The number of nitrogens with zero attached hydrogens (tertiary/aromatic N) is 2. The van der Waals surface area contributed by atoms with Gasteiger partial charge in [0.1, 0.15) is 5.82 Å². The molecule has 0 saturated carbocycles. The van der Waals surface area contributed by atoms with Crippen LogP contribution in [0.25, 0.3) is 11.3 Å². The van der Waals surface area contributed by atoms with E-state index in [0.717, 1.165) is 29.2 Å². The first-order chi connectivity index (χ1) is 9.00. The Labute approximate surface area is 114 Å². The van der Waals surface area contributed by atoms with E-state index in [-0.39, 0.29) is 5.41 Å². The van der Waals surface area contributed by atoms with E-state index in [2.05, 4.69) is 35.9 Å². The first kappa shape index (κ1) is 13.7. The third-order valence-electron chi connectivity index (χ3n) is 3.16. The van der Waals surface area contributed by atoms with Crippen molar-refractivity contribution in [2.45, 2.75) is 27.2 Å². The zero-order valence-electron chi connectivity index (χ0n) is 11.9. The van der Waals surface area contributed by atoms with Crippen LogP contribution in [0.1, 0.15) is 25.4 Å². The molecule has 3 nitrogen and oxygen atoms in total. The van der Waals surface area contributed by atoms with E-state index >= 15 is 0 Å². The fraction of sp³-hybridized carbons (Fsp3) is 0.375. The third kappa shape index (κ3) is 3.61. The Hall–Kier alpha value is -1.74. The number of nitrogens with two attached hydrogens (primary N) is 1. The lowest BCUT2D eigenvalue weighted by molar-refractivity contribution is 0.367. The summed E-state index contributed by atoms with van der Waals surface area (Å²) < 4.78 is 0. The molecule has 0 atom stereocenters. The molecule has 1 heterocycles. The van der Waals surface area contributed by atoms with E-state index in [1.807, 2.05) is 31.2 Å². The van der Waals surface area contributed by atoms with Crippen molar-refractivity contribution < 1.29 is 0 Å². The molecule has 0 saturated heterocycles. The lowest BCUT2D eigenvalue weighted by Crippen LogP contribution is -2.27. The molecule has 2 N–H and O–H groups in total. The van der Waals surface area contributed by atoms with Crippen molar-refractivity contribution in [1.29, 1.82) is 0 Å². The fourth-order valence-electron chi connectivity index (χ4n) is 1.97. The number of rotatable bonds is 4. The minimum absolute atomic E-state index is 0.0295. The Morgan fingerprint density at radius 3 is 2.42 bits per heavy atom. The van der Waals surface area contributed by atoms with E-state index in [9.17, 15) is 0 Å². The van der Waals surface area contributed by atoms with Gasteiger partial charge in [-0.1, -0.05) is 44.2 Å². The highest BCUT2D eigenvalue weighted by Gasteiger charge is 2.18. The zero-order valence-corrected chi connectivity index (χ0v) is 11.9. The second-order valence-electron chi connectivity index (χ2n) is 5.72. The predicted molar refractivity (Wildman–Crippen MR) is 78.7 cm³/mol. The van der Waals surface area contributed by atoms with Crippen LogP contribution in [0.4, 0.5) is 0 Å². The van der Waals surface area contributed by atoms with Gasteiger partial charge in [0.25, 0.3) is 0 Å². The molecule has 1 aromatic carbocycles. The van der Waals surface area contributed by atoms with Crippen molar-refractivity contribution in [2.24, 2.45) is 11.1 Å². The number of aromatic nitrogens is 2. The molecule has 0 aliphatic carbocycles. The average molecular weight is 255 g/mol. The zero-order chi connectivity index (χ0) is 13.9. The summed E-state index contributed by atoms with van der Waals surface area (Å²) in [6.45, 7) is 6.92. The van der Waals surface area contributed by atoms with Crippen LogP contribution < -0.4 is 5.73 Å². The number of benzene rings is 1. The molecule has 0 bridgehead atoms. The van der Waals surface area contributed by atoms with Gasteiger partial charge in [0, 0.05) is 17.7 Å². The van der Waals surface area contributed by atoms with E-state index < -0.39 is 0 Å². The normalized spacial score (nSPS) is 11.6. The molecule has 0 amide bonds. The molecule has 19 heavy (non-hydrogen) atoms. The molecule has 2 rings (SSSR count). The van der Waals surface area contributed by atoms with E-state index in [4.69, 9.17) is 5.73 Å². The van der Waals surface area contributed by atoms with Crippen molar-refractivity contribution in [2.75, 3.05) is 6.54 Å². The van der Waals surface area contributed by atoms with Crippen LogP contribution in [-0.2, 0) is 6.42 Å². The van der Waals surface area contributed by atoms with E-state index in [1.165, 1.54) is 0 Å². The molecular formula is C16H21N3. The maximum absolute atomic E-state index is 5.79. The molecule has 0 aliphatic heterocycles. The van der Waals surface area contributed by atoms with E-state index in [0.29, 0.717) is 6.54 Å². The number of aryl methyl sites for hydroxylation is 1. The van der Waals surface area contributed by atoms with Gasteiger partial charge in [-0.15, -0.1) is 0 Å². The van der Waals surface area contributed by atoms with Gasteiger partial charge >= 0.3 is 0 Å². The second kappa shape index (κ2) is 5.49. The van der Waals surface area contributed by atoms with Gasteiger partial charge in [0.05, 0.1) is 5.69 Å². The maximum Gasteiger partial charge on any atom is 0.129 e. The van der Waals surface area contributed by atoms with E-state index in [1.54, 1.807) is 0 Å². The number of hydrogen-bond acceptors (Lipinski definition) is 3. The highest BCUT2D eigenvalue weighted by Crippen LogP contribution is 2.22. The Bertz CT molecular complexity index is 547. The Morgan fingerprint density at radius 1 is 1.11 bits per heavy atom. The molecule has 0 spiro atoms. The standard InChI is InChI=1S/C16H21N3/c1-12-9-14(13-7-5-4-6-8-13)19-15(18-12)10-16(2,3)11-17/h4-9H,10-11,17H2,1-3H3. The van der Waals surface area contributed by atoms with Crippen LogP contribution in [0.15, 0.2) is 36.4 Å². The van der Waals surface area contributed by atoms with Crippen LogP contribution in [0, 0.1) is 12.3 Å². The van der Waals surface area contributed by atoms with Crippen molar-refractivity contribution in [1.82, 2.24) is 9.97 Å². The SMILES string of the molecule is Cc1cc(-c2ccccc2)nc(CC(C)(C)CN)n1. The van der Waals surface area contributed by atoms with Gasteiger partial charge in [0.15, 0.2) is 0 Å². The van der Waals surface area contributed by atoms with Crippen LogP contribution >= 0.6 is 0 Å². The summed E-state index contributed by atoms with van der Waals surface area (Å²) in [6, 6.07) is 12.2. The second-order valence-corrected chi connectivity index (χ2v) is 5.72. The molecule has 0 radical (unpaired) electrons. The minimum Gasteiger partial charge on any atom is -0.330 e. The number of hydrogen-bond donors (Lipinski definition) is 1. The maximum atomic E-state index is 5.79. The van der Waals surface area contributed by atoms with Crippen LogP contribution in [0.3, 0.4) is 0 Å². The largest absolute Gasteiger partial charge is 0.330 e. The third-order valence-corrected chi connectivity index (χ3v) is 3.16. The van der Waals surface area contributed by atoms with Gasteiger partial charge < -0.3 is 5.73 Å². The summed E-state index contributed by atoms with van der Waals surface area (Å²) in [5.74, 6) is 0.870. The molecule has 1 aromatic heterocycles. The van der Waals surface area contributed by atoms with Gasteiger partial charge in [-0.25, -0.2) is 9.97 Å². The van der Waals surface area contributed by atoms with Crippen LogP contribution in [-0.4, -0.2) is 16.5 Å². The van der Waals surface area contributed by atoms with Gasteiger partial charge in [-0.3, -0.25) is 0 Å². The van der Waals surface area contributed by atoms with Crippen LogP contribution in [0.2, 0.25) is 0 Å². The van der Waals surface area contributed by atoms with Gasteiger partial charge in [-0.2, -0.15) is 0 Å². The molecule has 3 heteroatoms. The minimum atomic E-state index is 0.0295. The smallest absolute Gasteiger partial charge is 0.129 e.